The molecular formula is C28H27BrN2O. The number of benzene rings is 3. The SMILES string of the molecule is CCCOc1ccc(Br)cc1C=Nc1ccc([C@@H]2Nc3ccccc3[C@@H]3C=CC[C@@H]32)cc1. The number of ether oxygens (including phenoxy) is 1. The number of nitrogens with one attached hydrogen (secondary N) is 1. The number of anilines is 1. The minimum atomic E-state index is 0.307. The molecule has 3 aromatic rings. The molecule has 4 heteroatoms. The number of hydrogen-bond acceptors (Lipinski definition) is 3. The molecule has 0 bridgehead atoms. The van der Waals surface area contributed by atoms with E-state index in [2.05, 4.69) is 88.9 Å². The van der Waals surface area contributed by atoms with Crippen LogP contribution in [0.4, 0.5) is 11.4 Å². The van der Waals surface area contributed by atoms with Crippen LogP contribution in [0.2, 0.25) is 0 Å². The summed E-state index contributed by atoms with van der Waals surface area (Å²) in [6.45, 7) is 2.81. The van der Waals surface area contributed by atoms with Crippen molar-refractivity contribution in [3.8, 4) is 5.75 Å². The summed E-state index contributed by atoms with van der Waals surface area (Å²) in [6.07, 6.45) is 8.69. The summed E-state index contributed by atoms with van der Waals surface area (Å²) in [5, 5.41) is 3.80. The lowest BCUT2D eigenvalue weighted by Gasteiger charge is -2.37. The zero-order valence-corrected chi connectivity index (χ0v) is 19.8. The Labute approximate surface area is 198 Å². The second-order valence-corrected chi connectivity index (χ2v) is 9.36. The number of nitrogens with zero attached hydrogens (tertiary/aromatic N) is 1. The fourth-order valence-corrected chi connectivity index (χ4v) is 5.13. The molecule has 0 saturated carbocycles. The first-order valence-electron chi connectivity index (χ1n) is 11.3. The number of rotatable bonds is 6. The van der Waals surface area contributed by atoms with Gasteiger partial charge in [0.2, 0.25) is 0 Å². The highest BCUT2D eigenvalue weighted by Gasteiger charge is 2.37. The maximum atomic E-state index is 5.87. The van der Waals surface area contributed by atoms with E-state index in [9.17, 15) is 0 Å². The van der Waals surface area contributed by atoms with Crippen LogP contribution in [0.15, 0.2) is 88.3 Å². The number of allylic oxidation sites excluding steroid dienone is 2. The van der Waals surface area contributed by atoms with Gasteiger partial charge in [0.1, 0.15) is 5.75 Å². The Morgan fingerprint density at radius 1 is 1.09 bits per heavy atom. The lowest BCUT2D eigenvalue weighted by Crippen LogP contribution is -2.28. The monoisotopic (exact) mass is 486 g/mol. The standard InChI is InChI=1S/C28H27BrN2O/c1-2-16-32-27-15-12-21(29)17-20(27)18-30-22-13-10-19(11-14-22)28-25-8-5-7-23(25)24-6-3-4-9-26(24)31-28/h3-7,9-15,17-18,23,25,28,31H,2,8,16H2,1H3/t23-,25-,28-/m0/s1. The molecule has 0 fully saturated rings. The molecule has 2 aliphatic rings. The van der Waals surface area contributed by atoms with Crippen LogP contribution in [0.5, 0.6) is 5.75 Å². The van der Waals surface area contributed by atoms with Gasteiger partial charge >= 0.3 is 0 Å². The van der Waals surface area contributed by atoms with Gasteiger partial charge in [-0.1, -0.05) is 65.3 Å². The lowest BCUT2D eigenvalue weighted by molar-refractivity contribution is 0.317. The van der Waals surface area contributed by atoms with Crippen LogP contribution in [0.1, 0.15) is 48.4 Å². The van der Waals surface area contributed by atoms with Crippen LogP contribution < -0.4 is 10.1 Å². The van der Waals surface area contributed by atoms with Gasteiger partial charge in [-0.25, -0.2) is 0 Å². The molecule has 1 aliphatic carbocycles. The predicted molar refractivity (Wildman–Crippen MR) is 136 cm³/mol. The average molecular weight is 487 g/mol. The molecule has 0 spiro atoms. The van der Waals surface area contributed by atoms with Crippen LogP contribution >= 0.6 is 15.9 Å². The summed E-state index contributed by atoms with van der Waals surface area (Å²) in [5.74, 6) is 1.91. The van der Waals surface area contributed by atoms with E-state index in [0.717, 1.165) is 34.3 Å². The van der Waals surface area contributed by atoms with Crippen molar-refractivity contribution in [3.63, 3.8) is 0 Å². The predicted octanol–water partition coefficient (Wildman–Crippen LogP) is 7.82. The van der Waals surface area contributed by atoms with Crippen molar-refractivity contribution >= 4 is 33.5 Å². The van der Waals surface area contributed by atoms with Crippen LogP contribution in [-0.4, -0.2) is 12.8 Å². The first-order valence-corrected chi connectivity index (χ1v) is 12.1. The Morgan fingerprint density at radius 3 is 2.78 bits per heavy atom. The Bertz CT molecular complexity index is 1150. The van der Waals surface area contributed by atoms with Crippen molar-refractivity contribution in [1.29, 1.82) is 0 Å². The van der Waals surface area contributed by atoms with Crippen LogP contribution in [0.3, 0.4) is 0 Å². The molecule has 1 heterocycles. The first-order chi connectivity index (χ1) is 15.7. The average Bonchev–Trinajstić information content (AvgIpc) is 3.32. The zero-order chi connectivity index (χ0) is 21.9. The third-order valence-electron chi connectivity index (χ3n) is 6.31. The van der Waals surface area contributed by atoms with Crippen molar-refractivity contribution < 1.29 is 4.74 Å². The van der Waals surface area contributed by atoms with E-state index in [-0.39, 0.29) is 0 Å². The van der Waals surface area contributed by atoms with Gasteiger partial charge < -0.3 is 10.1 Å². The second-order valence-electron chi connectivity index (χ2n) is 8.44. The van der Waals surface area contributed by atoms with Gasteiger partial charge in [0.25, 0.3) is 0 Å². The molecule has 0 aromatic heterocycles. The van der Waals surface area contributed by atoms with Gasteiger partial charge in [-0.2, -0.15) is 0 Å². The van der Waals surface area contributed by atoms with Crippen LogP contribution in [0, 0.1) is 5.92 Å². The van der Waals surface area contributed by atoms with E-state index in [4.69, 9.17) is 9.73 Å². The number of para-hydroxylation sites is 1. The highest BCUT2D eigenvalue weighted by molar-refractivity contribution is 9.10. The fraction of sp³-hybridized carbons (Fsp3) is 0.250. The number of halogens is 1. The van der Waals surface area contributed by atoms with Crippen molar-refractivity contribution in [3.05, 3.63) is 100 Å². The van der Waals surface area contributed by atoms with Gasteiger partial charge in [-0.05, 0) is 66.3 Å². The van der Waals surface area contributed by atoms with Gasteiger partial charge in [0.15, 0.2) is 0 Å². The molecule has 5 rings (SSSR count). The van der Waals surface area contributed by atoms with E-state index >= 15 is 0 Å². The van der Waals surface area contributed by atoms with E-state index in [0.29, 0.717) is 24.5 Å². The zero-order valence-electron chi connectivity index (χ0n) is 18.2. The summed E-state index contributed by atoms with van der Waals surface area (Å²) in [7, 11) is 0. The molecule has 0 radical (unpaired) electrons. The smallest absolute Gasteiger partial charge is 0.128 e. The summed E-state index contributed by atoms with van der Waals surface area (Å²) >= 11 is 3.55. The highest BCUT2D eigenvalue weighted by atomic mass is 79.9. The van der Waals surface area contributed by atoms with Crippen molar-refractivity contribution in [2.75, 3.05) is 11.9 Å². The van der Waals surface area contributed by atoms with Gasteiger partial charge in [-0.15, -0.1) is 0 Å². The first kappa shape index (κ1) is 21.0. The fourth-order valence-electron chi connectivity index (χ4n) is 4.75. The molecule has 1 N–H and O–H groups in total. The normalized spacial score (nSPS) is 21.2. The van der Waals surface area contributed by atoms with Gasteiger partial charge in [-0.3, -0.25) is 4.99 Å². The highest BCUT2D eigenvalue weighted by Crippen LogP contribution is 2.49. The number of hydrogen-bond donors (Lipinski definition) is 1. The summed E-state index contributed by atoms with van der Waals surface area (Å²) in [4.78, 5) is 4.72. The maximum Gasteiger partial charge on any atom is 0.128 e. The largest absolute Gasteiger partial charge is 0.493 e. The molecule has 0 unspecified atom stereocenters. The van der Waals surface area contributed by atoms with Crippen LogP contribution in [0.25, 0.3) is 0 Å². The quantitative estimate of drug-likeness (QED) is 0.284. The topological polar surface area (TPSA) is 33.6 Å². The third-order valence-corrected chi connectivity index (χ3v) is 6.80. The minimum absolute atomic E-state index is 0.307. The Kier molecular flexibility index (Phi) is 6.13. The van der Waals surface area contributed by atoms with Crippen molar-refractivity contribution in [2.24, 2.45) is 10.9 Å². The van der Waals surface area contributed by atoms with E-state index in [1.165, 1.54) is 16.8 Å². The Morgan fingerprint density at radius 2 is 1.94 bits per heavy atom. The molecule has 162 valence electrons. The minimum Gasteiger partial charge on any atom is -0.493 e. The lowest BCUT2D eigenvalue weighted by atomic mass is 9.77. The molecule has 0 amide bonds. The van der Waals surface area contributed by atoms with Crippen molar-refractivity contribution in [1.82, 2.24) is 0 Å². The Balaban J connectivity index is 1.36. The summed E-state index contributed by atoms with van der Waals surface area (Å²) < 4.78 is 6.89. The number of fused-ring (bicyclic) bond motifs is 3. The van der Waals surface area contributed by atoms with Crippen molar-refractivity contribution in [2.45, 2.75) is 31.7 Å². The Hall–Kier alpha value is -2.85. The summed E-state index contributed by atoms with van der Waals surface area (Å²) in [6, 6.07) is 23.7. The summed E-state index contributed by atoms with van der Waals surface area (Å²) in [5.41, 5.74) is 5.89. The van der Waals surface area contributed by atoms with E-state index in [1.54, 1.807) is 0 Å². The van der Waals surface area contributed by atoms with Gasteiger partial charge in [0, 0.05) is 27.9 Å². The molecule has 1 aliphatic heterocycles. The third kappa shape index (κ3) is 4.24. The van der Waals surface area contributed by atoms with E-state index in [1.807, 2.05) is 24.4 Å². The molecular weight excluding hydrogens is 460 g/mol. The molecule has 32 heavy (non-hydrogen) atoms. The van der Waals surface area contributed by atoms with Gasteiger partial charge in [0.05, 0.1) is 18.3 Å². The molecule has 3 atom stereocenters. The molecule has 3 aromatic carbocycles. The second kappa shape index (κ2) is 9.33. The van der Waals surface area contributed by atoms with E-state index < -0.39 is 0 Å². The number of aliphatic imine (C=N–C) groups is 1. The maximum absolute atomic E-state index is 5.87. The molecule has 3 nitrogen and oxygen atoms in total. The molecule has 0 saturated heterocycles. The van der Waals surface area contributed by atoms with Crippen LogP contribution in [-0.2, 0) is 0 Å².